The lowest BCUT2D eigenvalue weighted by atomic mass is 10.4. The summed E-state index contributed by atoms with van der Waals surface area (Å²) >= 11 is 0. The SMILES string of the molecule is CCCNS(=O)(=O)NCC(OC)C(=O)O. The summed E-state index contributed by atoms with van der Waals surface area (Å²) in [6, 6.07) is 0. The standard InChI is InChI=1S/C7H16N2O5S/c1-3-4-8-15(12,13)9-5-6(14-2)7(10)11/h6,8-9H,3-5H2,1-2H3,(H,10,11). The fourth-order valence-corrected chi connectivity index (χ4v) is 1.69. The number of ether oxygens (including phenoxy) is 1. The molecule has 0 radical (unpaired) electrons. The fourth-order valence-electron chi connectivity index (χ4n) is 0.744. The van der Waals surface area contributed by atoms with Gasteiger partial charge in [0.1, 0.15) is 0 Å². The van der Waals surface area contributed by atoms with Crippen molar-refractivity contribution in [3.05, 3.63) is 0 Å². The quantitative estimate of drug-likeness (QED) is 0.500. The molecular formula is C7H16N2O5S. The van der Waals surface area contributed by atoms with Gasteiger partial charge in [-0.05, 0) is 6.42 Å². The Morgan fingerprint density at radius 3 is 2.47 bits per heavy atom. The van der Waals surface area contributed by atoms with Crippen LogP contribution < -0.4 is 9.44 Å². The lowest BCUT2D eigenvalue weighted by Crippen LogP contribution is -2.43. The zero-order valence-electron chi connectivity index (χ0n) is 8.69. The first-order valence-electron chi connectivity index (χ1n) is 4.42. The van der Waals surface area contributed by atoms with Gasteiger partial charge in [0.15, 0.2) is 6.10 Å². The summed E-state index contributed by atoms with van der Waals surface area (Å²) in [6.45, 7) is 1.82. The van der Waals surface area contributed by atoms with Gasteiger partial charge in [0.2, 0.25) is 0 Å². The molecule has 0 aliphatic heterocycles. The van der Waals surface area contributed by atoms with E-state index in [1.54, 1.807) is 0 Å². The van der Waals surface area contributed by atoms with Gasteiger partial charge in [-0.3, -0.25) is 0 Å². The average Bonchev–Trinajstić information content (AvgIpc) is 2.15. The number of carboxylic acid groups (broad SMARTS) is 1. The predicted molar refractivity (Wildman–Crippen MR) is 53.6 cm³/mol. The van der Waals surface area contributed by atoms with Crippen molar-refractivity contribution in [2.75, 3.05) is 20.2 Å². The lowest BCUT2D eigenvalue weighted by molar-refractivity contribution is -0.147. The van der Waals surface area contributed by atoms with Gasteiger partial charge < -0.3 is 9.84 Å². The number of rotatable bonds is 8. The molecule has 7 nitrogen and oxygen atoms in total. The van der Waals surface area contributed by atoms with Crippen molar-refractivity contribution in [2.24, 2.45) is 0 Å². The number of methoxy groups -OCH3 is 1. The van der Waals surface area contributed by atoms with Gasteiger partial charge in [0, 0.05) is 20.2 Å². The minimum absolute atomic E-state index is 0.301. The largest absolute Gasteiger partial charge is 0.479 e. The normalized spacial score (nSPS) is 13.7. The van der Waals surface area contributed by atoms with Gasteiger partial charge >= 0.3 is 5.97 Å². The van der Waals surface area contributed by atoms with Crippen LogP contribution in [0.15, 0.2) is 0 Å². The topological polar surface area (TPSA) is 105 Å². The molecule has 90 valence electrons. The van der Waals surface area contributed by atoms with E-state index >= 15 is 0 Å². The van der Waals surface area contributed by atoms with Crippen molar-refractivity contribution in [3.8, 4) is 0 Å². The number of carboxylic acids is 1. The van der Waals surface area contributed by atoms with Crippen molar-refractivity contribution in [1.29, 1.82) is 0 Å². The Morgan fingerprint density at radius 1 is 1.47 bits per heavy atom. The highest BCUT2D eigenvalue weighted by Gasteiger charge is 2.19. The first-order valence-corrected chi connectivity index (χ1v) is 5.91. The first kappa shape index (κ1) is 14.3. The van der Waals surface area contributed by atoms with Crippen molar-refractivity contribution in [3.63, 3.8) is 0 Å². The van der Waals surface area contributed by atoms with E-state index in [0.717, 1.165) is 0 Å². The molecule has 15 heavy (non-hydrogen) atoms. The van der Waals surface area contributed by atoms with E-state index in [1.807, 2.05) is 6.92 Å². The number of aliphatic carboxylic acids is 1. The molecule has 0 heterocycles. The highest BCUT2D eigenvalue weighted by Crippen LogP contribution is 1.89. The van der Waals surface area contributed by atoms with Crippen LogP contribution in [0.25, 0.3) is 0 Å². The number of hydrogen-bond acceptors (Lipinski definition) is 4. The van der Waals surface area contributed by atoms with Gasteiger partial charge in [-0.15, -0.1) is 0 Å². The molecule has 0 aromatic carbocycles. The van der Waals surface area contributed by atoms with Crippen LogP contribution in [-0.2, 0) is 19.7 Å². The molecule has 0 fully saturated rings. The average molecular weight is 240 g/mol. The van der Waals surface area contributed by atoms with Crippen LogP contribution in [-0.4, -0.2) is 45.8 Å². The van der Waals surface area contributed by atoms with Crippen molar-refractivity contribution in [2.45, 2.75) is 19.4 Å². The molecule has 0 aromatic rings. The minimum atomic E-state index is -3.63. The van der Waals surface area contributed by atoms with Crippen LogP contribution >= 0.6 is 0 Å². The van der Waals surface area contributed by atoms with Crippen LogP contribution in [0.4, 0.5) is 0 Å². The summed E-state index contributed by atoms with van der Waals surface area (Å²) < 4.78 is 31.2. The Hall–Kier alpha value is -0.700. The van der Waals surface area contributed by atoms with Crippen LogP contribution in [0, 0.1) is 0 Å². The van der Waals surface area contributed by atoms with E-state index in [2.05, 4.69) is 14.2 Å². The van der Waals surface area contributed by atoms with Crippen molar-refractivity contribution < 1.29 is 23.1 Å². The molecule has 0 saturated heterocycles. The van der Waals surface area contributed by atoms with Crippen LogP contribution in [0.2, 0.25) is 0 Å². The highest BCUT2D eigenvalue weighted by molar-refractivity contribution is 7.87. The van der Waals surface area contributed by atoms with Gasteiger partial charge in [0.25, 0.3) is 10.2 Å². The second kappa shape index (κ2) is 6.72. The summed E-state index contributed by atoms with van der Waals surface area (Å²) in [7, 11) is -2.42. The van der Waals surface area contributed by atoms with Crippen molar-refractivity contribution in [1.82, 2.24) is 9.44 Å². The van der Waals surface area contributed by atoms with E-state index in [1.165, 1.54) is 7.11 Å². The molecule has 0 saturated carbocycles. The maximum atomic E-state index is 11.2. The van der Waals surface area contributed by atoms with Crippen LogP contribution in [0.5, 0.6) is 0 Å². The van der Waals surface area contributed by atoms with Crippen LogP contribution in [0.1, 0.15) is 13.3 Å². The zero-order chi connectivity index (χ0) is 11.9. The molecule has 0 aliphatic carbocycles. The number of nitrogens with one attached hydrogen (secondary N) is 2. The molecule has 0 amide bonds. The summed E-state index contributed by atoms with van der Waals surface area (Å²) in [4.78, 5) is 10.5. The Kier molecular flexibility index (Phi) is 6.41. The van der Waals surface area contributed by atoms with Gasteiger partial charge in [-0.2, -0.15) is 13.1 Å². The van der Waals surface area contributed by atoms with Crippen LogP contribution in [0.3, 0.4) is 0 Å². The molecule has 0 spiro atoms. The minimum Gasteiger partial charge on any atom is -0.479 e. The van der Waals surface area contributed by atoms with E-state index in [4.69, 9.17) is 5.11 Å². The molecule has 0 rings (SSSR count). The van der Waals surface area contributed by atoms with E-state index in [-0.39, 0.29) is 6.54 Å². The third-order valence-electron chi connectivity index (χ3n) is 1.56. The van der Waals surface area contributed by atoms with E-state index in [0.29, 0.717) is 13.0 Å². The predicted octanol–water partition coefficient (Wildman–Crippen LogP) is -1.08. The summed E-state index contributed by atoms with van der Waals surface area (Å²) in [5.74, 6) is -1.21. The molecule has 8 heteroatoms. The Morgan fingerprint density at radius 2 is 2.07 bits per heavy atom. The second-order valence-corrected chi connectivity index (χ2v) is 4.39. The Bertz CT molecular complexity index is 290. The summed E-state index contributed by atoms with van der Waals surface area (Å²) in [5, 5.41) is 8.57. The maximum Gasteiger partial charge on any atom is 0.334 e. The third-order valence-corrected chi connectivity index (χ3v) is 2.69. The summed E-state index contributed by atoms with van der Waals surface area (Å²) in [5.41, 5.74) is 0. The molecule has 0 aromatic heterocycles. The summed E-state index contributed by atoms with van der Waals surface area (Å²) in [6.07, 6.45) is -0.517. The Labute approximate surface area is 89.0 Å². The zero-order valence-corrected chi connectivity index (χ0v) is 9.50. The molecule has 3 N–H and O–H groups in total. The van der Waals surface area contributed by atoms with Gasteiger partial charge in [-0.25, -0.2) is 9.52 Å². The highest BCUT2D eigenvalue weighted by atomic mass is 32.2. The third kappa shape index (κ3) is 6.39. The van der Waals surface area contributed by atoms with Crippen molar-refractivity contribution >= 4 is 16.2 Å². The molecule has 1 unspecified atom stereocenters. The monoisotopic (exact) mass is 240 g/mol. The smallest absolute Gasteiger partial charge is 0.334 e. The number of carbonyl (C=O) groups is 1. The van der Waals surface area contributed by atoms with Gasteiger partial charge in [-0.1, -0.05) is 6.92 Å². The second-order valence-electron chi connectivity index (χ2n) is 2.81. The van der Waals surface area contributed by atoms with Gasteiger partial charge in [0.05, 0.1) is 0 Å². The molecule has 0 bridgehead atoms. The Balaban J connectivity index is 4.07. The molecular weight excluding hydrogens is 224 g/mol. The molecule has 0 aliphatic rings. The maximum absolute atomic E-state index is 11.2. The molecule has 1 atom stereocenters. The first-order chi connectivity index (χ1) is 6.93. The lowest BCUT2D eigenvalue weighted by Gasteiger charge is -2.12. The fraction of sp³-hybridized carbons (Fsp3) is 0.857. The van der Waals surface area contributed by atoms with E-state index < -0.39 is 22.3 Å². The van der Waals surface area contributed by atoms with E-state index in [9.17, 15) is 13.2 Å². The number of hydrogen-bond donors (Lipinski definition) is 3.